The van der Waals surface area contributed by atoms with Gasteiger partial charge in [-0.2, -0.15) is 6.07 Å². The van der Waals surface area contributed by atoms with Crippen molar-refractivity contribution in [2.24, 2.45) is 5.92 Å². The van der Waals surface area contributed by atoms with Crippen molar-refractivity contribution in [2.75, 3.05) is 13.3 Å². The van der Waals surface area contributed by atoms with Crippen LogP contribution in [0.15, 0.2) is 60.2 Å². The molecule has 2 aliphatic rings. The number of fused-ring (bicyclic) bond motifs is 2. The van der Waals surface area contributed by atoms with Gasteiger partial charge in [-0.3, -0.25) is 0 Å². The molecule has 4 rings (SSSR count). The molecule has 1 unspecified atom stereocenters. The number of hydrogen-bond donors (Lipinski definition) is 0. The molecule has 0 radical (unpaired) electrons. The zero-order chi connectivity index (χ0) is 14.7. The maximum Gasteiger partial charge on any atom is 0 e. The summed E-state index contributed by atoms with van der Waals surface area (Å²) in [6.07, 6.45) is 13.0. The molecule has 0 saturated heterocycles. The molecule has 0 spiro atoms. The maximum absolute atomic E-state index is 2.37. The summed E-state index contributed by atoms with van der Waals surface area (Å²) >= 11 is 0. The van der Waals surface area contributed by atoms with Gasteiger partial charge < -0.3 is 0 Å². The molecule has 2 heteroatoms. The van der Waals surface area contributed by atoms with E-state index in [1.807, 2.05) is 0 Å². The van der Waals surface area contributed by atoms with Gasteiger partial charge in [-0.1, -0.05) is 12.5 Å². The Morgan fingerprint density at radius 1 is 1.18 bits per heavy atom. The van der Waals surface area contributed by atoms with Crippen LogP contribution in [-0.4, -0.2) is 13.3 Å². The third kappa shape index (κ3) is 4.27. The largest absolute Gasteiger partial charge is 0.227 e. The van der Waals surface area contributed by atoms with Crippen LogP contribution >= 0.6 is 7.92 Å². The van der Waals surface area contributed by atoms with Crippen LogP contribution in [0.25, 0.3) is 10.8 Å². The maximum atomic E-state index is 2.37. The second kappa shape index (κ2) is 8.37. The third-order valence-corrected chi connectivity index (χ3v) is 5.62. The predicted octanol–water partition coefficient (Wildman–Crippen LogP) is 5.41. The summed E-state index contributed by atoms with van der Waals surface area (Å²) in [6.45, 7) is 4.59. The zero-order valence-corrected chi connectivity index (χ0v) is 17.9. The molecule has 0 heterocycles. The minimum absolute atomic E-state index is 0. The average molecular weight is 473 g/mol. The monoisotopic (exact) mass is 474 g/mol. The number of rotatable bonds is 1. The van der Waals surface area contributed by atoms with Crippen molar-refractivity contribution in [3.8, 4) is 0 Å². The summed E-state index contributed by atoms with van der Waals surface area (Å²) in [6, 6.07) is 13.2. The van der Waals surface area contributed by atoms with Gasteiger partial charge in [-0.25, -0.2) is 18.1 Å². The van der Waals surface area contributed by atoms with Crippen LogP contribution in [0.4, 0.5) is 0 Å². The summed E-state index contributed by atoms with van der Waals surface area (Å²) in [5.41, 5.74) is 1.58. The van der Waals surface area contributed by atoms with Crippen LogP contribution in [0.1, 0.15) is 19.3 Å². The molecule has 0 nitrogen and oxygen atoms in total. The van der Waals surface area contributed by atoms with Gasteiger partial charge in [0.25, 0.3) is 0 Å². The Bertz CT molecular complexity index is 630. The molecule has 2 aromatic carbocycles. The van der Waals surface area contributed by atoms with E-state index in [9.17, 15) is 0 Å². The molecule has 0 N–H and O–H groups in total. The molecule has 0 amide bonds. The number of hydrogen-bond acceptors (Lipinski definition) is 0. The zero-order valence-electron chi connectivity index (χ0n) is 13.4. The van der Waals surface area contributed by atoms with Crippen LogP contribution in [-0.2, 0) is 25.8 Å². The second-order valence-electron chi connectivity index (χ2n) is 6.05. The van der Waals surface area contributed by atoms with E-state index in [2.05, 4.69) is 74.4 Å². The normalized spacial score (nSPS) is 18.9. The first kappa shape index (κ1) is 17.8. The molecular weight excluding hydrogens is 450 g/mol. The van der Waals surface area contributed by atoms with E-state index in [1.165, 1.54) is 35.3 Å². The molecule has 0 aliphatic heterocycles. The van der Waals surface area contributed by atoms with Crippen molar-refractivity contribution in [2.45, 2.75) is 19.3 Å². The Kier molecular flexibility index (Phi) is 6.78. The van der Waals surface area contributed by atoms with Crippen LogP contribution in [0.2, 0.25) is 0 Å². The molecule has 0 aromatic heterocycles. The molecule has 2 aromatic rings. The SMILES string of the molecule is C1=CCC2CC[CH-]C2=C1.CP(C)c1cc2ccccc2[cH-]1.[Hf]. The van der Waals surface area contributed by atoms with Crippen LogP contribution in [0.5, 0.6) is 0 Å². The van der Waals surface area contributed by atoms with Crippen LogP contribution < -0.4 is 5.30 Å². The van der Waals surface area contributed by atoms with E-state index < -0.39 is 0 Å². The van der Waals surface area contributed by atoms with Crippen molar-refractivity contribution in [3.05, 3.63) is 66.6 Å². The van der Waals surface area contributed by atoms with E-state index in [-0.39, 0.29) is 33.8 Å². The Balaban J connectivity index is 0.000000159. The van der Waals surface area contributed by atoms with Crippen molar-refractivity contribution in [1.29, 1.82) is 0 Å². The van der Waals surface area contributed by atoms with Crippen molar-refractivity contribution < 1.29 is 25.8 Å². The topological polar surface area (TPSA) is 0 Å². The van der Waals surface area contributed by atoms with Gasteiger partial charge in [-0.15, -0.1) is 66.8 Å². The fraction of sp³-hybridized carbons (Fsp3) is 0.300. The van der Waals surface area contributed by atoms with Crippen molar-refractivity contribution >= 4 is 24.0 Å². The molecule has 22 heavy (non-hydrogen) atoms. The first-order valence-corrected chi connectivity index (χ1v) is 10.0. The molecule has 1 fully saturated rings. The Morgan fingerprint density at radius 2 is 2.00 bits per heavy atom. The number of allylic oxidation sites excluding steroid dienone is 4. The summed E-state index contributed by atoms with van der Waals surface area (Å²) in [4.78, 5) is 0. The second-order valence-corrected chi connectivity index (χ2v) is 8.35. The first-order valence-electron chi connectivity index (χ1n) is 7.77. The van der Waals surface area contributed by atoms with Gasteiger partial charge in [0.15, 0.2) is 0 Å². The van der Waals surface area contributed by atoms with E-state index in [0.717, 1.165) is 5.92 Å². The Labute approximate surface area is 154 Å². The van der Waals surface area contributed by atoms with Gasteiger partial charge in [0.2, 0.25) is 0 Å². The van der Waals surface area contributed by atoms with E-state index in [4.69, 9.17) is 0 Å². The molecule has 114 valence electrons. The minimum Gasteiger partial charge on any atom is -0.227 e. The fourth-order valence-electron chi connectivity index (χ4n) is 3.06. The average Bonchev–Trinajstić information content (AvgIpc) is 3.14. The van der Waals surface area contributed by atoms with Crippen LogP contribution in [0.3, 0.4) is 0 Å². The number of benzene rings is 1. The van der Waals surface area contributed by atoms with Gasteiger partial charge in [0, 0.05) is 25.8 Å². The van der Waals surface area contributed by atoms with Gasteiger partial charge >= 0.3 is 0 Å². The van der Waals surface area contributed by atoms with E-state index in [1.54, 1.807) is 5.57 Å². The van der Waals surface area contributed by atoms with E-state index in [0.29, 0.717) is 0 Å². The first-order chi connectivity index (χ1) is 10.2. The van der Waals surface area contributed by atoms with Gasteiger partial charge in [0.05, 0.1) is 0 Å². The molecule has 2 aliphatic carbocycles. The summed E-state index contributed by atoms with van der Waals surface area (Å²) in [5, 5.41) is 4.26. The van der Waals surface area contributed by atoms with E-state index >= 15 is 0 Å². The van der Waals surface area contributed by atoms with Gasteiger partial charge in [0.1, 0.15) is 0 Å². The summed E-state index contributed by atoms with van der Waals surface area (Å²) < 4.78 is 0. The third-order valence-electron chi connectivity index (χ3n) is 4.33. The summed E-state index contributed by atoms with van der Waals surface area (Å²) in [5.74, 6) is 0.884. The molecule has 1 atom stereocenters. The van der Waals surface area contributed by atoms with Gasteiger partial charge in [-0.05, 0) is 25.7 Å². The van der Waals surface area contributed by atoms with Crippen molar-refractivity contribution in [1.82, 2.24) is 0 Å². The molecular formula is C20H23HfP-2. The molecule has 0 bridgehead atoms. The predicted molar refractivity (Wildman–Crippen MR) is 96.8 cm³/mol. The smallest absolute Gasteiger partial charge is 0 e. The minimum atomic E-state index is 0. The summed E-state index contributed by atoms with van der Waals surface area (Å²) in [7, 11) is 0.0576. The Hall–Kier alpha value is -0.520. The standard InChI is InChI=1S/C11H12P.C9H11.Hf/c1-12(2)11-7-9-5-3-4-6-10(9)8-11;1-2-5-9-7-3-6-8(9)4-1;/h3-8H,1-2H3;1-2,4,6,9H,3,5,7H2;/q2*-1;. The Morgan fingerprint density at radius 3 is 2.73 bits per heavy atom. The fourth-order valence-corrected chi connectivity index (χ4v) is 3.85. The molecule has 1 saturated carbocycles. The quantitative estimate of drug-likeness (QED) is 0.296. The van der Waals surface area contributed by atoms with Crippen molar-refractivity contribution in [3.63, 3.8) is 0 Å². The van der Waals surface area contributed by atoms with Crippen LogP contribution in [0, 0.1) is 12.3 Å².